The second-order valence-electron chi connectivity index (χ2n) is 6.07. The van der Waals surface area contributed by atoms with E-state index in [1.165, 1.54) is 18.9 Å². The number of nitrogens with one attached hydrogen (secondary N) is 1. The highest BCUT2D eigenvalue weighted by molar-refractivity contribution is 8.14. The van der Waals surface area contributed by atoms with Gasteiger partial charge in [-0.25, -0.2) is 9.79 Å². The summed E-state index contributed by atoms with van der Waals surface area (Å²) in [4.78, 5) is 30.6. The number of ether oxygens (including phenoxy) is 2. The second kappa shape index (κ2) is 9.45. The average molecular weight is 391 g/mol. The smallest absolute Gasteiger partial charge is 0.338 e. The number of carbonyl (C=O) groups excluding carboxylic acids is 2. The quantitative estimate of drug-likeness (QED) is 0.746. The average Bonchev–Trinajstić information content (AvgIpc) is 2.65. The van der Waals surface area contributed by atoms with Gasteiger partial charge in [-0.15, -0.1) is 0 Å². The zero-order valence-corrected chi connectivity index (χ0v) is 17.1. The molecule has 1 heterocycles. The predicted molar refractivity (Wildman–Crippen MR) is 108 cm³/mol. The highest BCUT2D eigenvalue weighted by Crippen LogP contribution is 2.33. The van der Waals surface area contributed by atoms with Crippen LogP contribution in [0.4, 0.5) is 5.69 Å². The molecular weight excluding hydrogens is 366 g/mol. The number of carbonyl (C=O) groups is 2. The topological polar surface area (TPSA) is 80.2 Å². The summed E-state index contributed by atoms with van der Waals surface area (Å²) in [5.74, 6) is -0.601. The first-order valence-electron chi connectivity index (χ1n) is 8.57. The molecule has 0 saturated heterocycles. The van der Waals surface area contributed by atoms with Crippen LogP contribution >= 0.6 is 11.8 Å². The Hall–Kier alpha value is -2.48. The van der Waals surface area contributed by atoms with Gasteiger partial charge in [0.1, 0.15) is 6.04 Å². The van der Waals surface area contributed by atoms with E-state index in [0.717, 1.165) is 11.3 Å². The highest BCUT2D eigenvalue weighted by Gasteiger charge is 2.30. The normalized spacial score (nSPS) is 16.3. The molecule has 0 radical (unpaired) electrons. The van der Waals surface area contributed by atoms with E-state index in [2.05, 4.69) is 15.0 Å². The Kier molecular flexibility index (Phi) is 7.29. The van der Waals surface area contributed by atoms with Crippen LogP contribution in [0.1, 0.15) is 25.5 Å². The molecule has 1 aliphatic heterocycles. The Morgan fingerprint density at radius 3 is 2.48 bits per heavy atom. The minimum Gasteiger partial charge on any atom is -0.468 e. The summed E-state index contributed by atoms with van der Waals surface area (Å²) in [5.41, 5.74) is 3.06. The number of anilines is 1. The van der Waals surface area contributed by atoms with Crippen molar-refractivity contribution in [3.05, 3.63) is 41.1 Å². The maximum atomic E-state index is 12.5. The third-order valence-electron chi connectivity index (χ3n) is 3.99. The van der Waals surface area contributed by atoms with E-state index in [-0.39, 0.29) is 18.3 Å². The van der Waals surface area contributed by atoms with Crippen molar-refractivity contribution in [2.75, 3.05) is 38.5 Å². The lowest BCUT2D eigenvalue weighted by atomic mass is 9.96. The third-order valence-corrected chi connectivity index (χ3v) is 4.85. The number of rotatable bonds is 6. The van der Waals surface area contributed by atoms with Gasteiger partial charge in [0, 0.05) is 25.5 Å². The molecule has 0 aliphatic carbocycles. The van der Waals surface area contributed by atoms with E-state index >= 15 is 0 Å². The van der Waals surface area contributed by atoms with Crippen LogP contribution in [0.3, 0.4) is 0 Å². The highest BCUT2D eigenvalue weighted by atomic mass is 32.2. The first-order valence-corrected chi connectivity index (χ1v) is 9.55. The maximum absolute atomic E-state index is 12.5. The molecular formula is C19H25N3O4S. The van der Waals surface area contributed by atoms with E-state index in [1.807, 2.05) is 43.3 Å². The molecule has 0 unspecified atom stereocenters. The molecule has 1 N–H and O–H groups in total. The molecule has 7 nitrogen and oxygen atoms in total. The van der Waals surface area contributed by atoms with E-state index in [4.69, 9.17) is 4.74 Å². The minimum atomic E-state index is -0.498. The molecule has 0 bridgehead atoms. The molecule has 146 valence electrons. The number of amidine groups is 1. The number of benzene rings is 1. The molecule has 8 heteroatoms. The van der Waals surface area contributed by atoms with Crippen LogP contribution in [0.2, 0.25) is 0 Å². The van der Waals surface area contributed by atoms with Crippen LogP contribution in [0.25, 0.3) is 0 Å². The van der Waals surface area contributed by atoms with Crippen molar-refractivity contribution in [1.29, 1.82) is 0 Å². The lowest BCUT2D eigenvalue weighted by molar-refractivity contribution is -0.139. The van der Waals surface area contributed by atoms with Gasteiger partial charge in [-0.1, -0.05) is 23.9 Å². The second-order valence-corrected chi connectivity index (χ2v) is 7.04. The summed E-state index contributed by atoms with van der Waals surface area (Å²) in [6.45, 7) is 3.86. The van der Waals surface area contributed by atoms with E-state index < -0.39 is 12.0 Å². The molecule has 0 amide bonds. The molecule has 27 heavy (non-hydrogen) atoms. The lowest BCUT2D eigenvalue weighted by Gasteiger charge is -2.26. The molecule has 0 saturated carbocycles. The van der Waals surface area contributed by atoms with Crippen LogP contribution in [-0.4, -0.2) is 50.7 Å². The first kappa shape index (κ1) is 20.8. The fraction of sp³-hybridized carbons (Fsp3) is 0.421. The molecule has 1 aliphatic rings. The Balaban J connectivity index is 2.36. The Morgan fingerprint density at radius 2 is 1.93 bits per heavy atom. The number of esters is 2. The number of methoxy groups -OCH3 is 1. The molecule has 2 rings (SSSR count). The zero-order valence-electron chi connectivity index (χ0n) is 16.2. The Labute approximate surface area is 163 Å². The maximum Gasteiger partial charge on any atom is 0.338 e. The van der Waals surface area contributed by atoms with Gasteiger partial charge in [-0.05, 0) is 31.5 Å². The van der Waals surface area contributed by atoms with Crippen LogP contribution in [-0.2, 0) is 19.1 Å². The summed E-state index contributed by atoms with van der Waals surface area (Å²) in [6, 6.07) is 7.36. The molecule has 0 spiro atoms. The summed E-state index contributed by atoms with van der Waals surface area (Å²) in [5, 5.41) is 3.65. The zero-order chi connectivity index (χ0) is 20.0. The van der Waals surface area contributed by atoms with Gasteiger partial charge in [0.05, 0.1) is 25.0 Å². The van der Waals surface area contributed by atoms with Crippen molar-refractivity contribution in [1.82, 2.24) is 5.32 Å². The van der Waals surface area contributed by atoms with Gasteiger partial charge in [0.25, 0.3) is 0 Å². The van der Waals surface area contributed by atoms with Gasteiger partial charge < -0.3 is 19.7 Å². The fourth-order valence-electron chi connectivity index (χ4n) is 2.58. The monoisotopic (exact) mass is 391 g/mol. The molecule has 1 atom stereocenters. The summed E-state index contributed by atoms with van der Waals surface area (Å²) in [7, 11) is 5.28. The van der Waals surface area contributed by atoms with Crippen molar-refractivity contribution in [2.45, 2.75) is 19.9 Å². The Morgan fingerprint density at radius 1 is 1.26 bits per heavy atom. The largest absolute Gasteiger partial charge is 0.468 e. The SMILES string of the molecule is CCOC(=O)C1=C(C)NC(SCC(=O)OC)=N[C@@H]1c1ccc(N(C)C)cc1. The fourth-order valence-corrected chi connectivity index (χ4v) is 3.35. The summed E-state index contributed by atoms with van der Waals surface area (Å²) in [6.07, 6.45) is 0. The summed E-state index contributed by atoms with van der Waals surface area (Å²) >= 11 is 1.24. The van der Waals surface area contributed by atoms with E-state index in [9.17, 15) is 9.59 Å². The number of allylic oxidation sites excluding steroid dienone is 1. The van der Waals surface area contributed by atoms with Crippen molar-refractivity contribution < 1.29 is 19.1 Å². The summed E-state index contributed by atoms with van der Waals surface area (Å²) < 4.78 is 9.89. The number of nitrogens with zero attached hydrogens (tertiary/aromatic N) is 2. The van der Waals surface area contributed by atoms with Crippen LogP contribution in [0.5, 0.6) is 0 Å². The minimum absolute atomic E-state index is 0.136. The van der Waals surface area contributed by atoms with Gasteiger partial charge >= 0.3 is 11.9 Å². The molecule has 0 fully saturated rings. The lowest BCUT2D eigenvalue weighted by Crippen LogP contribution is -2.31. The number of thioether (sulfide) groups is 1. The molecule has 1 aromatic carbocycles. The van der Waals surface area contributed by atoms with Crippen LogP contribution in [0.15, 0.2) is 40.5 Å². The van der Waals surface area contributed by atoms with Crippen molar-refractivity contribution >= 4 is 34.6 Å². The third kappa shape index (κ3) is 5.26. The molecule has 1 aromatic rings. The number of hydrogen-bond acceptors (Lipinski definition) is 8. The molecule has 0 aromatic heterocycles. The first-order chi connectivity index (χ1) is 12.9. The van der Waals surface area contributed by atoms with Gasteiger partial charge in [-0.3, -0.25) is 4.79 Å². The standard InChI is InChI=1S/C19H25N3O4S/c1-6-26-18(24)16-12(2)20-19(27-11-15(23)25-5)21-17(16)13-7-9-14(10-8-13)22(3)4/h7-10,17H,6,11H2,1-5H3,(H,20,21)/t17-/m1/s1. The number of aliphatic imine (C=N–C) groups is 1. The van der Waals surface area contributed by atoms with Crippen LogP contribution < -0.4 is 10.2 Å². The van der Waals surface area contributed by atoms with Crippen molar-refractivity contribution in [2.24, 2.45) is 4.99 Å². The van der Waals surface area contributed by atoms with Gasteiger partial charge in [0.2, 0.25) is 0 Å². The van der Waals surface area contributed by atoms with Crippen LogP contribution in [0, 0.1) is 0 Å². The van der Waals surface area contributed by atoms with Crippen molar-refractivity contribution in [3.8, 4) is 0 Å². The predicted octanol–water partition coefficient (Wildman–Crippen LogP) is 2.50. The van der Waals surface area contributed by atoms with E-state index in [1.54, 1.807) is 13.8 Å². The Bertz CT molecular complexity index is 757. The van der Waals surface area contributed by atoms with Crippen molar-refractivity contribution in [3.63, 3.8) is 0 Å². The van der Waals surface area contributed by atoms with Gasteiger partial charge in [-0.2, -0.15) is 0 Å². The van der Waals surface area contributed by atoms with Gasteiger partial charge in [0.15, 0.2) is 5.17 Å². The number of hydrogen-bond donors (Lipinski definition) is 1. The van der Waals surface area contributed by atoms with E-state index in [0.29, 0.717) is 16.4 Å².